The lowest BCUT2D eigenvalue weighted by Crippen LogP contribution is -2.44. The third-order valence-corrected chi connectivity index (χ3v) is 3.03. The third kappa shape index (κ3) is 6.30. The van der Waals surface area contributed by atoms with E-state index in [-0.39, 0.29) is 24.0 Å². The SMILES string of the molecule is I.NC(=NCc1cccc(OCC(F)F)c1)N1CCOCC1. The van der Waals surface area contributed by atoms with Gasteiger partial charge in [-0.2, -0.15) is 0 Å². The molecule has 8 heteroatoms. The van der Waals surface area contributed by atoms with Crippen LogP contribution in [0.3, 0.4) is 0 Å². The fraction of sp³-hybridized carbons (Fsp3) is 0.500. The van der Waals surface area contributed by atoms with Gasteiger partial charge < -0.3 is 20.1 Å². The Morgan fingerprint density at radius 2 is 2.09 bits per heavy atom. The number of aliphatic imine (C=N–C) groups is 1. The Bertz CT molecular complexity index is 483. The van der Waals surface area contributed by atoms with Crippen LogP contribution >= 0.6 is 24.0 Å². The molecule has 0 bridgehead atoms. The van der Waals surface area contributed by atoms with Crippen LogP contribution in [0.4, 0.5) is 8.78 Å². The first-order valence-electron chi connectivity index (χ1n) is 6.77. The number of morpholine rings is 1. The minimum Gasteiger partial charge on any atom is -0.488 e. The minimum atomic E-state index is -2.48. The van der Waals surface area contributed by atoms with Crippen molar-refractivity contribution in [2.75, 3.05) is 32.9 Å². The van der Waals surface area contributed by atoms with Gasteiger partial charge in [0.1, 0.15) is 12.4 Å². The van der Waals surface area contributed by atoms with Crippen LogP contribution in [0.2, 0.25) is 0 Å². The van der Waals surface area contributed by atoms with Crippen LogP contribution in [0.1, 0.15) is 5.56 Å². The second kappa shape index (κ2) is 9.78. The lowest BCUT2D eigenvalue weighted by molar-refractivity contribution is 0.0674. The number of alkyl halides is 2. The summed E-state index contributed by atoms with van der Waals surface area (Å²) in [5, 5.41) is 0. The van der Waals surface area contributed by atoms with Crippen LogP contribution in [0.5, 0.6) is 5.75 Å². The fourth-order valence-electron chi connectivity index (χ4n) is 1.96. The number of ether oxygens (including phenoxy) is 2. The predicted octanol–water partition coefficient (Wildman–Crippen LogP) is 2.10. The number of hydrogen-bond acceptors (Lipinski definition) is 3. The molecule has 2 rings (SSSR count). The smallest absolute Gasteiger partial charge is 0.272 e. The zero-order valence-electron chi connectivity index (χ0n) is 12.1. The molecule has 0 radical (unpaired) electrons. The molecule has 0 amide bonds. The van der Waals surface area contributed by atoms with E-state index >= 15 is 0 Å². The normalized spacial score (nSPS) is 15.6. The number of guanidine groups is 1. The molecule has 1 aliphatic rings. The highest BCUT2D eigenvalue weighted by Crippen LogP contribution is 2.15. The van der Waals surface area contributed by atoms with Crippen molar-refractivity contribution >= 4 is 29.9 Å². The van der Waals surface area contributed by atoms with Crippen LogP contribution in [0.25, 0.3) is 0 Å². The van der Waals surface area contributed by atoms with Crippen LogP contribution in [0, 0.1) is 0 Å². The van der Waals surface area contributed by atoms with E-state index in [0.29, 0.717) is 31.5 Å². The lowest BCUT2D eigenvalue weighted by Gasteiger charge is -2.27. The predicted molar refractivity (Wildman–Crippen MR) is 91.1 cm³/mol. The Morgan fingerprint density at radius 3 is 2.77 bits per heavy atom. The molecule has 1 aromatic carbocycles. The summed E-state index contributed by atoms with van der Waals surface area (Å²) in [5.41, 5.74) is 6.78. The minimum absolute atomic E-state index is 0. The Hall–Kier alpha value is -1.16. The summed E-state index contributed by atoms with van der Waals surface area (Å²) in [7, 11) is 0. The number of nitrogens with zero attached hydrogens (tertiary/aromatic N) is 2. The number of nitrogens with two attached hydrogens (primary N) is 1. The monoisotopic (exact) mass is 427 g/mol. The molecule has 5 nitrogen and oxygen atoms in total. The summed E-state index contributed by atoms with van der Waals surface area (Å²) in [6, 6.07) is 6.93. The molecule has 1 aliphatic heterocycles. The molecule has 0 saturated carbocycles. The average molecular weight is 427 g/mol. The summed E-state index contributed by atoms with van der Waals surface area (Å²) < 4.78 is 34.4. The Kier molecular flexibility index (Phi) is 8.39. The van der Waals surface area contributed by atoms with Crippen LogP contribution in [-0.4, -0.2) is 50.2 Å². The van der Waals surface area contributed by atoms with E-state index in [9.17, 15) is 8.78 Å². The number of halogens is 3. The molecule has 1 aromatic rings. The molecule has 0 unspecified atom stereocenters. The quantitative estimate of drug-likeness (QED) is 0.444. The summed E-state index contributed by atoms with van der Waals surface area (Å²) in [4.78, 5) is 6.27. The molecule has 0 spiro atoms. The van der Waals surface area contributed by atoms with Crippen molar-refractivity contribution in [3.63, 3.8) is 0 Å². The fourth-order valence-corrected chi connectivity index (χ4v) is 1.96. The van der Waals surface area contributed by atoms with Gasteiger partial charge in [0, 0.05) is 13.1 Å². The van der Waals surface area contributed by atoms with Gasteiger partial charge in [-0.25, -0.2) is 13.8 Å². The Morgan fingerprint density at radius 1 is 1.36 bits per heavy atom. The summed E-state index contributed by atoms with van der Waals surface area (Å²) in [6.07, 6.45) is -2.48. The maximum absolute atomic E-state index is 12.1. The summed E-state index contributed by atoms with van der Waals surface area (Å²) in [6.45, 7) is 2.53. The lowest BCUT2D eigenvalue weighted by atomic mass is 10.2. The van der Waals surface area contributed by atoms with Crippen molar-refractivity contribution in [1.82, 2.24) is 4.90 Å². The van der Waals surface area contributed by atoms with E-state index < -0.39 is 13.0 Å². The molecule has 1 fully saturated rings. The maximum Gasteiger partial charge on any atom is 0.272 e. The van der Waals surface area contributed by atoms with Crippen molar-refractivity contribution < 1.29 is 18.3 Å². The average Bonchev–Trinajstić information content (AvgIpc) is 2.52. The number of benzene rings is 1. The molecular formula is C14H20F2IN3O2. The molecule has 1 saturated heterocycles. The summed E-state index contributed by atoms with van der Waals surface area (Å²) >= 11 is 0. The highest BCUT2D eigenvalue weighted by atomic mass is 127. The summed E-state index contributed by atoms with van der Waals surface area (Å²) in [5.74, 6) is 0.880. The molecule has 0 aromatic heterocycles. The molecule has 1 heterocycles. The van der Waals surface area contributed by atoms with Crippen molar-refractivity contribution in [3.8, 4) is 5.75 Å². The zero-order valence-corrected chi connectivity index (χ0v) is 14.4. The third-order valence-electron chi connectivity index (χ3n) is 3.03. The first-order chi connectivity index (χ1) is 10.1. The second-order valence-corrected chi connectivity index (χ2v) is 4.62. The van der Waals surface area contributed by atoms with E-state index in [1.54, 1.807) is 18.2 Å². The molecule has 124 valence electrons. The van der Waals surface area contributed by atoms with Crippen LogP contribution < -0.4 is 10.5 Å². The maximum atomic E-state index is 12.1. The largest absolute Gasteiger partial charge is 0.488 e. The number of hydrogen-bond donors (Lipinski definition) is 1. The van der Waals surface area contributed by atoms with Crippen LogP contribution in [-0.2, 0) is 11.3 Å². The van der Waals surface area contributed by atoms with E-state index in [2.05, 4.69) is 4.99 Å². The van der Waals surface area contributed by atoms with Gasteiger partial charge in [-0.05, 0) is 17.7 Å². The van der Waals surface area contributed by atoms with Gasteiger partial charge in [-0.3, -0.25) is 0 Å². The topological polar surface area (TPSA) is 60.1 Å². The standard InChI is InChI=1S/C14H19F2N3O2.HI/c15-13(16)10-21-12-3-1-2-11(8-12)9-18-14(17)19-4-6-20-7-5-19;/h1-3,8,13H,4-7,9-10H2,(H2,17,18);1H. The first-order valence-corrected chi connectivity index (χ1v) is 6.77. The van der Waals surface area contributed by atoms with E-state index in [0.717, 1.165) is 18.7 Å². The van der Waals surface area contributed by atoms with Crippen molar-refractivity contribution in [1.29, 1.82) is 0 Å². The molecule has 0 aliphatic carbocycles. The molecular weight excluding hydrogens is 407 g/mol. The molecule has 2 N–H and O–H groups in total. The van der Waals surface area contributed by atoms with Crippen molar-refractivity contribution in [2.45, 2.75) is 13.0 Å². The van der Waals surface area contributed by atoms with Gasteiger partial charge in [0.25, 0.3) is 6.43 Å². The van der Waals surface area contributed by atoms with E-state index in [1.807, 2.05) is 11.0 Å². The van der Waals surface area contributed by atoms with Crippen LogP contribution in [0.15, 0.2) is 29.3 Å². The van der Waals surface area contributed by atoms with Crippen molar-refractivity contribution in [3.05, 3.63) is 29.8 Å². The van der Waals surface area contributed by atoms with Gasteiger partial charge in [0.2, 0.25) is 0 Å². The van der Waals surface area contributed by atoms with Gasteiger partial charge in [0.15, 0.2) is 5.96 Å². The highest BCUT2D eigenvalue weighted by molar-refractivity contribution is 14.0. The van der Waals surface area contributed by atoms with Gasteiger partial charge in [-0.1, -0.05) is 12.1 Å². The zero-order chi connectivity index (χ0) is 15.1. The Labute approximate surface area is 145 Å². The van der Waals surface area contributed by atoms with E-state index in [1.165, 1.54) is 0 Å². The van der Waals surface area contributed by atoms with Crippen molar-refractivity contribution in [2.24, 2.45) is 10.7 Å². The van der Waals surface area contributed by atoms with E-state index in [4.69, 9.17) is 15.2 Å². The number of rotatable bonds is 5. The highest BCUT2D eigenvalue weighted by Gasteiger charge is 2.12. The van der Waals surface area contributed by atoms with Gasteiger partial charge in [-0.15, -0.1) is 24.0 Å². The van der Waals surface area contributed by atoms with Gasteiger partial charge in [0.05, 0.1) is 19.8 Å². The molecule has 0 atom stereocenters. The molecule has 22 heavy (non-hydrogen) atoms. The Balaban J connectivity index is 0.00000242. The second-order valence-electron chi connectivity index (χ2n) is 4.62. The first kappa shape index (κ1) is 18.9. The van der Waals surface area contributed by atoms with Gasteiger partial charge >= 0.3 is 0 Å².